The highest BCUT2D eigenvalue weighted by Crippen LogP contribution is 2.24. The summed E-state index contributed by atoms with van der Waals surface area (Å²) in [6, 6.07) is 4.02. The fourth-order valence-corrected chi connectivity index (χ4v) is 1.37. The summed E-state index contributed by atoms with van der Waals surface area (Å²) >= 11 is 3.12. The van der Waals surface area contributed by atoms with E-state index >= 15 is 0 Å². The van der Waals surface area contributed by atoms with Gasteiger partial charge >= 0.3 is 5.97 Å². The molecule has 0 unspecified atom stereocenters. The van der Waals surface area contributed by atoms with Crippen LogP contribution in [0.5, 0.6) is 0 Å². The van der Waals surface area contributed by atoms with Crippen LogP contribution < -0.4 is 5.73 Å². The molecule has 1 atom stereocenters. The van der Waals surface area contributed by atoms with Crippen LogP contribution >= 0.6 is 15.9 Å². The van der Waals surface area contributed by atoms with E-state index in [2.05, 4.69) is 15.9 Å². The van der Waals surface area contributed by atoms with Crippen LogP contribution in [0, 0.1) is 5.82 Å². The first kappa shape index (κ1) is 11.1. The predicted octanol–water partition coefficient (Wildman–Crippen LogP) is 1.85. The molecule has 1 aromatic rings. The van der Waals surface area contributed by atoms with E-state index in [4.69, 9.17) is 10.8 Å². The molecule has 0 aliphatic rings. The lowest BCUT2D eigenvalue weighted by atomic mass is 9.93. The van der Waals surface area contributed by atoms with Crippen molar-refractivity contribution in [2.75, 3.05) is 0 Å². The highest BCUT2D eigenvalue weighted by Gasteiger charge is 2.33. The average molecular weight is 262 g/mol. The van der Waals surface area contributed by atoms with Crippen LogP contribution in [-0.2, 0) is 10.3 Å². The molecule has 5 heteroatoms. The number of rotatable bonds is 2. The van der Waals surface area contributed by atoms with Crippen molar-refractivity contribution in [2.45, 2.75) is 12.5 Å². The monoisotopic (exact) mass is 261 g/mol. The number of carbonyl (C=O) groups is 1. The first-order valence-electron chi connectivity index (χ1n) is 3.83. The highest BCUT2D eigenvalue weighted by molar-refractivity contribution is 9.10. The Morgan fingerprint density at radius 3 is 2.71 bits per heavy atom. The summed E-state index contributed by atoms with van der Waals surface area (Å²) in [4.78, 5) is 10.8. The van der Waals surface area contributed by atoms with Gasteiger partial charge < -0.3 is 10.8 Å². The minimum atomic E-state index is -1.71. The van der Waals surface area contributed by atoms with Gasteiger partial charge in [0.1, 0.15) is 11.4 Å². The molecule has 0 aliphatic heterocycles. The molecular weight excluding hydrogens is 253 g/mol. The summed E-state index contributed by atoms with van der Waals surface area (Å²) in [6.45, 7) is 1.25. The third-order valence-electron chi connectivity index (χ3n) is 1.93. The Morgan fingerprint density at radius 2 is 2.21 bits per heavy atom. The predicted molar refractivity (Wildman–Crippen MR) is 53.3 cm³/mol. The minimum Gasteiger partial charge on any atom is -0.480 e. The van der Waals surface area contributed by atoms with Gasteiger partial charge in [-0.25, -0.2) is 9.18 Å². The molecule has 0 spiro atoms. The number of carboxylic acids is 1. The van der Waals surface area contributed by atoms with E-state index in [1.165, 1.54) is 25.1 Å². The minimum absolute atomic E-state index is 0.0422. The van der Waals surface area contributed by atoms with E-state index in [1.54, 1.807) is 0 Å². The van der Waals surface area contributed by atoms with Gasteiger partial charge in [0.25, 0.3) is 0 Å². The van der Waals surface area contributed by atoms with E-state index < -0.39 is 17.3 Å². The fraction of sp³-hybridized carbons (Fsp3) is 0.222. The van der Waals surface area contributed by atoms with Crippen LogP contribution in [-0.4, -0.2) is 11.1 Å². The summed E-state index contributed by atoms with van der Waals surface area (Å²) < 4.78 is 13.9. The summed E-state index contributed by atoms with van der Waals surface area (Å²) in [7, 11) is 0. The lowest BCUT2D eigenvalue weighted by Gasteiger charge is -2.20. The topological polar surface area (TPSA) is 63.3 Å². The first-order valence-corrected chi connectivity index (χ1v) is 4.63. The van der Waals surface area contributed by atoms with Crippen LogP contribution in [0.4, 0.5) is 4.39 Å². The Bertz CT molecular complexity index is 379. The van der Waals surface area contributed by atoms with Crippen molar-refractivity contribution in [2.24, 2.45) is 5.73 Å². The second kappa shape index (κ2) is 3.67. The van der Waals surface area contributed by atoms with E-state index in [9.17, 15) is 9.18 Å². The van der Waals surface area contributed by atoms with Gasteiger partial charge in [0, 0.05) is 10.0 Å². The summed E-state index contributed by atoms with van der Waals surface area (Å²) in [5.74, 6) is -1.89. The van der Waals surface area contributed by atoms with E-state index in [0.717, 1.165) is 0 Å². The Morgan fingerprint density at radius 1 is 1.64 bits per heavy atom. The molecule has 3 nitrogen and oxygen atoms in total. The van der Waals surface area contributed by atoms with Crippen LogP contribution in [0.3, 0.4) is 0 Å². The van der Waals surface area contributed by atoms with E-state index in [-0.39, 0.29) is 5.56 Å². The van der Waals surface area contributed by atoms with Gasteiger partial charge in [-0.15, -0.1) is 0 Å². The zero-order chi connectivity index (χ0) is 10.9. The quantitative estimate of drug-likeness (QED) is 0.854. The van der Waals surface area contributed by atoms with Gasteiger partial charge in [-0.3, -0.25) is 0 Å². The highest BCUT2D eigenvalue weighted by atomic mass is 79.9. The van der Waals surface area contributed by atoms with Crippen LogP contribution in [0.2, 0.25) is 0 Å². The van der Waals surface area contributed by atoms with E-state index in [0.29, 0.717) is 4.47 Å². The number of benzene rings is 1. The molecule has 0 bridgehead atoms. The molecule has 76 valence electrons. The van der Waals surface area contributed by atoms with Crippen molar-refractivity contribution in [3.8, 4) is 0 Å². The van der Waals surface area contributed by atoms with Crippen LogP contribution in [0.25, 0.3) is 0 Å². The van der Waals surface area contributed by atoms with Gasteiger partial charge in [-0.05, 0) is 25.1 Å². The maximum Gasteiger partial charge on any atom is 0.328 e. The third-order valence-corrected chi connectivity index (χ3v) is 2.43. The maximum atomic E-state index is 13.3. The first-order chi connectivity index (χ1) is 6.35. The molecule has 14 heavy (non-hydrogen) atoms. The van der Waals surface area contributed by atoms with Crippen molar-refractivity contribution in [3.05, 3.63) is 34.1 Å². The number of aliphatic carboxylic acids is 1. The molecule has 0 saturated heterocycles. The number of halogens is 2. The normalized spacial score (nSPS) is 14.9. The molecule has 0 radical (unpaired) electrons. The van der Waals surface area contributed by atoms with Crippen LogP contribution in [0.15, 0.2) is 22.7 Å². The number of nitrogens with two attached hydrogens (primary N) is 1. The molecule has 0 saturated carbocycles. The Hall–Kier alpha value is -0.940. The maximum absolute atomic E-state index is 13.3. The Kier molecular flexibility index (Phi) is 2.92. The van der Waals surface area contributed by atoms with Crippen LogP contribution in [0.1, 0.15) is 12.5 Å². The van der Waals surface area contributed by atoms with Crippen molar-refractivity contribution in [1.29, 1.82) is 0 Å². The zero-order valence-electron chi connectivity index (χ0n) is 7.42. The average Bonchev–Trinajstić information content (AvgIpc) is 2.08. The molecule has 0 aromatic heterocycles. The Labute approximate surface area is 88.9 Å². The fourth-order valence-electron chi connectivity index (χ4n) is 1.01. The second-order valence-electron chi connectivity index (χ2n) is 3.13. The van der Waals surface area contributed by atoms with Crippen molar-refractivity contribution < 1.29 is 14.3 Å². The number of carboxylic acid groups (broad SMARTS) is 1. The molecule has 3 N–H and O–H groups in total. The Balaban J connectivity index is 3.31. The molecule has 0 amide bonds. The molecular formula is C9H9BrFNO2. The van der Waals surface area contributed by atoms with Gasteiger partial charge in [-0.1, -0.05) is 15.9 Å². The molecule has 0 fully saturated rings. The van der Waals surface area contributed by atoms with Crippen molar-refractivity contribution >= 4 is 21.9 Å². The van der Waals surface area contributed by atoms with Crippen molar-refractivity contribution in [3.63, 3.8) is 0 Å². The summed E-state index contributed by atoms with van der Waals surface area (Å²) in [6.07, 6.45) is 0. The van der Waals surface area contributed by atoms with Gasteiger partial charge in [-0.2, -0.15) is 0 Å². The van der Waals surface area contributed by atoms with Gasteiger partial charge in [0.05, 0.1) is 0 Å². The zero-order valence-corrected chi connectivity index (χ0v) is 9.01. The molecule has 0 aliphatic carbocycles. The second-order valence-corrected chi connectivity index (χ2v) is 4.05. The lowest BCUT2D eigenvalue weighted by molar-refractivity contribution is -0.143. The van der Waals surface area contributed by atoms with E-state index in [1.807, 2.05) is 0 Å². The standard InChI is InChI=1S/C9H9BrFNO2/c1-9(12,8(13)14)6-4-5(10)2-3-7(6)11/h2-4H,12H2,1H3,(H,13,14)/t9-/m0/s1. The number of hydrogen-bond acceptors (Lipinski definition) is 2. The lowest BCUT2D eigenvalue weighted by Crippen LogP contribution is -2.42. The number of hydrogen-bond donors (Lipinski definition) is 2. The molecule has 0 heterocycles. The SMILES string of the molecule is C[C@@](N)(C(=O)O)c1cc(Br)ccc1F. The van der Waals surface area contributed by atoms with Crippen molar-refractivity contribution in [1.82, 2.24) is 0 Å². The summed E-state index contributed by atoms with van der Waals surface area (Å²) in [5, 5.41) is 8.80. The van der Waals surface area contributed by atoms with Gasteiger partial charge in [0.15, 0.2) is 0 Å². The summed E-state index contributed by atoms with van der Waals surface area (Å²) in [5.41, 5.74) is 3.73. The molecule has 1 aromatic carbocycles. The largest absolute Gasteiger partial charge is 0.480 e. The molecule has 1 rings (SSSR count). The smallest absolute Gasteiger partial charge is 0.328 e. The third kappa shape index (κ3) is 1.93. The van der Waals surface area contributed by atoms with Gasteiger partial charge in [0.2, 0.25) is 0 Å².